The molecule has 0 saturated carbocycles. The van der Waals surface area contributed by atoms with Crippen LogP contribution in [0.5, 0.6) is 5.75 Å². The van der Waals surface area contributed by atoms with E-state index in [0.717, 1.165) is 5.56 Å². The van der Waals surface area contributed by atoms with E-state index in [9.17, 15) is 13.2 Å². The highest BCUT2D eigenvalue weighted by atomic mass is 35.5. The average Bonchev–Trinajstić information content (AvgIpc) is 2.15. The van der Waals surface area contributed by atoms with Crippen LogP contribution in [-0.4, -0.2) is 11.7 Å². The zero-order valence-electron chi connectivity index (χ0n) is 8.88. The van der Waals surface area contributed by atoms with E-state index in [1.807, 2.05) is 13.8 Å². The van der Waals surface area contributed by atoms with Crippen molar-refractivity contribution in [3.05, 3.63) is 29.8 Å². The molecule has 0 radical (unpaired) electrons. The normalized spacial score (nSPS) is 15.6. The molecule has 1 aromatic rings. The molecule has 2 unspecified atom stereocenters. The number of hydrogen-bond donors (Lipinski definition) is 0. The summed E-state index contributed by atoms with van der Waals surface area (Å²) >= 11 is 5.90. The van der Waals surface area contributed by atoms with Gasteiger partial charge in [0.05, 0.1) is 0 Å². The Morgan fingerprint density at radius 2 is 1.62 bits per heavy atom. The summed E-state index contributed by atoms with van der Waals surface area (Å²) in [7, 11) is 0. The average molecular weight is 253 g/mol. The minimum absolute atomic E-state index is 0.0746. The summed E-state index contributed by atoms with van der Waals surface area (Å²) in [6.45, 7) is 3.75. The molecule has 2 atom stereocenters. The first-order valence-corrected chi connectivity index (χ1v) is 5.23. The molecule has 0 saturated heterocycles. The number of alkyl halides is 4. The highest BCUT2D eigenvalue weighted by Gasteiger charge is 2.31. The SMILES string of the molecule is CC(Cl)C(C)c1ccc(OC(F)(F)F)cc1. The molecule has 1 aromatic carbocycles. The third kappa shape index (κ3) is 3.93. The Morgan fingerprint density at radius 3 is 2.00 bits per heavy atom. The molecule has 90 valence electrons. The van der Waals surface area contributed by atoms with Crippen LogP contribution in [0.1, 0.15) is 25.3 Å². The smallest absolute Gasteiger partial charge is 0.406 e. The summed E-state index contributed by atoms with van der Waals surface area (Å²) in [5.74, 6) is -0.132. The Bertz CT molecular complexity index is 332. The van der Waals surface area contributed by atoms with Gasteiger partial charge in [0.25, 0.3) is 0 Å². The van der Waals surface area contributed by atoms with E-state index < -0.39 is 6.36 Å². The summed E-state index contributed by atoms with van der Waals surface area (Å²) in [4.78, 5) is 0. The van der Waals surface area contributed by atoms with Gasteiger partial charge < -0.3 is 4.74 Å². The Hall–Kier alpha value is -0.900. The predicted octanol–water partition coefficient (Wildman–Crippen LogP) is 4.32. The molecule has 0 spiro atoms. The number of hydrogen-bond acceptors (Lipinski definition) is 1. The molecule has 0 aliphatic carbocycles. The van der Waals surface area contributed by atoms with Crippen LogP contribution in [0.4, 0.5) is 13.2 Å². The fourth-order valence-corrected chi connectivity index (χ4v) is 1.38. The van der Waals surface area contributed by atoms with Crippen LogP contribution in [0, 0.1) is 0 Å². The molecular formula is C11H12ClF3O. The Morgan fingerprint density at radius 1 is 1.12 bits per heavy atom. The third-order valence-electron chi connectivity index (χ3n) is 2.33. The van der Waals surface area contributed by atoms with Crippen LogP contribution in [0.2, 0.25) is 0 Å². The monoisotopic (exact) mass is 252 g/mol. The molecule has 5 heteroatoms. The molecule has 16 heavy (non-hydrogen) atoms. The van der Waals surface area contributed by atoms with Crippen molar-refractivity contribution in [1.82, 2.24) is 0 Å². The zero-order valence-corrected chi connectivity index (χ0v) is 9.64. The summed E-state index contributed by atoms with van der Waals surface area (Å²) in [5, 5.41) is -0.0746. The lowest BCUT2D eigenvalue weighted by atomic mass is 9.98. The molecular weight excluding hydrogens is 241 g/mol. The van der Waals surface area contributed by atoms with Gasteiger partial charge in [-0.2, -0.15) is 0 Å². The van der Waals surface area contributed by atoms with Crippen LogP contribution < -0.4 is 4.74 Å². The van der Waals surface area contributed by atoms with E-state index in [2.05, 4.69) is 4.74 Å². The van der Waals surface area contributed by atoms with Crippen LogP contribution in [0.25, 0.3) is 0 Å². The van der Waals surface area contributed by atoms with Crippen LogP contribution in [0.15, 0.2) is 24.3 Å². The largest absolute Gasteiger partial charge is 0.573 e. The summed E-state index contributed by atoms with van der Waals surface area (Å²) in [6, 6.07) is 5.76. The number of halogens is 4. The zero-order chi connectivity index (χ0) is 12.3. The van der Waals surface area contributed by atoms with Gasteiger partial charge in [-0.25, -0.2) is 0 Å². The number of ether oxygens (including phenoxy) is 1. The number of rotatable bonds is 3. The molecule has 1 nitrogen and oxygen atoms in total. The van der Waals surface area contributed by atoms with Gasteiger partial charge >= 0.3 is 6.36 Å². The molecule has 0 amide bonds. The maximum absolute atomic E-state index is 11.9. The Labute approximate surface area is 97.2 Å². The molecule has 0 aliphatic heterocycles. The summed E-state index contributed by atoms with van der Waals surface area (Å²) < 4.78 is 39.4. The molecule has 0 aliphatic rings. The fourth-order valence-electron chi connectivity index (χ4n) is 1.24. The first-order chi connectivity index (χ1) is 7.29. The molecule has 0 N–H and O–H groups in total. The van der Waals surface area contributed by atoms with Crippen molar-refractivity contribution in [3.8, 4) is 5.75 Å². The molecule has 0 bridgehead atoms. The lowest BCUT2D eigenvalue weighted by Gasteiger charge is -2.15. The van der Waals surface area contributed by atoms with Crippen molar-refractivity contribution in [2.24, 2.45) is 0 Å². The van der Waals surface area contributed by atoms with Crippen molar-refractivity contribution < 1.29 is 17.9 Å². The quantitative estimate of drug-likeness (QED) is 0.728. The number of benzene rings is 1. The van der Waals surface area contributed by atoms with Crippen molar-refractivity contribution in [1.29, 1.82) is 0 Å². The van der Waals surface area contributed by atoms with Crippen molar-refractivity contribution >= 4 is 11.6 Å². The van der Waals surface area contributed by atoms with E-state index >= 15 is 0 Å². The highest BCUT2D eigenvalue weighted by Crippen LogP contribution is 2.27. The maximum Gasteiger partial charge on any atom is 0.573 e. The van der Waals surface area contributed by atoms with E-state index in [-0.39, 0.29) is 17.0 Å². The molecule has 0 heterocycles. The topological polar surface area (TPSA) is 9.23 Å². The third-order valence-corrected chi connectivity index (χ3v) is 2.71. The fraction of sp³-hybridized carbons (Fsp3) is 0.455. The Kier molecular flexibility index (Phi) is 4.08. The molecule has 1 rings (SSSR count). The Balaban J connectivity index is 2.76. The van der Waals surface area contributed by atoms with Gasteiger partial charge in [0, 0.05) is 5.38 Å². The van der Waals surface area contributed by atoms with Crippen LogP contribution in [0.3, 0.4) is 0 Å². The standard InChI is InChI=1S/C11H12ClF3O/c1-7(8(2)12)9-3-5-10(6-4-9)16-11(13,14)15/h3-8H,1-2H3. The predicted molar refractivity (Wildman–Crippen MR) is 56.9 cm³/mol. The van der Waals surface area contributed by atoms with E-state index in [4.69, 9.17) is 11.6 Å². The summed E-state index contributed by atoms with van der Waals surface area (Å²) in [6.07, 6.45) is -4.65. The maximum atomic E-state index is 11.9. The second kappa shape index (κ2) is 4.95. The van der Waals surface area contributed by atoms with Crippen LogP contribution >= 0.6 is 11.6 Å². The van der Waals surface area contributed by atoms with Crippen molar-refractivity contribution in [3.63, 3.8) is 0 Å². The second-order valence-electron chi connectivity index (χ2n) is 3.58. The van der Waals surface area contributed by atoms with Gasteiger partial charge in [0.1, 0.15) is 5.75 Å². The lowest BCUT2D eigenvalue weighted by Crippen LogP contribution is -2.17. The lowest BCUT2D eigenvalue weighted by molar-refractivity contribution is -0.274. The van der Waals surface area contributed by atoms with Crippen molar-refractivity contribution in [2.45, 2.75) is 31.5 Å². The van der Waals surface area contributed by atoms with Crippen molar-refractivity contribution in [2.75, 3.05) is 0 Å². The first kappa shape index (κ1) is 13.2. The van der Waals surface area contributed by atoms with Gasteiger partial charge in [-0.1, -0.05) is 19.1 Å². The van der Waals surface area contributed by atoms with E-state index in [0.29, 0.717) is 0 Å². The van der Waals surface area contributed by atoms with Gasteiger partial charge in [-0.05, 0) is 30.5 Å². The molecule has 0 aromatic heterocycles. The van der Waals surface area contributed by atoms with Crippen LogP contribution in [-0.2, 0) is 0 Å². The van der Waals surface area contributed by atoms with Gasteiger partial charge in [0.2, 0.25) is 0 Å². The van der Waals surface area contributed by atoms with E-state index in [1.165, 1.54) is 12.1 Å². The second-order valence-corrected chi connectivity index (χ2v) is 4.27. The highest BCUT2D eigenvalue weighted by molar-refractivity contribution is 6.20. The van der Waals surface area contributed by atoms with Gasteiger partial charge in [-0.15, -0.1) is 24.8 Å². The van der Waals surface area contributed by atoms with Gasteiger partial charge in [-0.3, -0.25) is 0 Å². The minimum Gasteiger partial charge on any atom is -0.406 e. The minimum atomic E-state index is -4.65. The first-order valence-electron chi connectivity index (χ1n) is 4.79. The van der Waals surface area contributed by atoms with E-state index in [1.54, 1.807) is 12.1 Å². The van der Waals surface area contributed by atoms with Gasteiger partial charge in [0.15, 0.2) is 0 Å². The summed E-state index contributed by atoms with van der Waals surface area (Å²) in [5.41, 5.74) is 0.886. The molecule has 0 fully saturated rings.